The number of carbonyl (C=O) groups excluding carboxylic acids is 1. The molecule has 2 aromatic carbocycles. The Labute approximate surface area is 234 Å². The van der Waals surface area contributed by atoms with Crippen molar-refractivity contribution in [2.24, 2.45) is 10.9 Å². The second-order valence-electron chi connectivity index (χ2n) is 10.3. The van der Waals surface area contributed by atoms with Gasteiger partial charge in [0, 0.05) is 30.9 Å². The van der Waals surface area contributed by atoms with Crippen LogP contribution in [0.4, 0.5) is 16.0 Å². The molecule has 1 amide bonds. The number of hydrogen-bond donors (Lipinski definition) is 1. The molecule has 6 rings (SSSR count). The Morgan fingerprint density at radius 2 is 1.80 bits per heavy atom. The highest BCUT2D eigenvalue weighted by molar-refractivity contribution is 7.07. The fraction of sp³-hybridized carbons (Fsp3) is 0.258. The molecule has 7 nitrogen and oxygen atoms in total. The third-order valence-corrected chi connectivity index (χ3v) is 8.45. The van der Waals surface area contributed by atoms with Crippen LogP contribution in [0.1, 0.15) is 44.1 Å². The van der Waals surface area contributed by atoms with Gasteiger partial charge >= 0.3 is 0 Å². The van der Waals surface area contributed by atoms with Crippen molar-refractivity contribution in [2.75, 3.05) is 23.3 Å². The number of para-hydroxylation sites is 1. The SMILES string of the molecule is CC1=C(C(=O)Nc2ccccc2)[C@@H](c2ccc(F)cc2)n2c(s/c(=C/c3ccc(N4CCC(C)CC4)o3)c2=O)=N1. The minimum atomic E-state index is -0.773. The first-order chi connectivity index (χ1) is 19.4. The Morgan fingerprint density at radius 1 is 1.07 bits per heavy atom. The van der Waals surface area contributed by atoms with E-state index in [1.807, 2.05) is 30.3 Å². The molecule has 1 atom stereocenters. The molecule has 1 N–H and O–H groups in total. The van der Waals surface area contributed by atoms with Crippen molar-refractivity contribution in [3.8, 4) is 0 Å². The number of amides is 1. The van der Waals surface area contributed by atoms with Gasteiger partial charge < -0.3 is 14.6 Å². The van der Waals surface area contributed by atoms with Crippen molar-refractivity contribution in [3.63, 3.8) is 0 Å². The number of anilines is 2. The Hall–Kier alpha value is -4.24. The maximum Gasteiger partial charge on any atom is 0.271 e. The standard InChI is InChI=1S/C31H29FN4O3S/c1-19-14-16-35(17-15-19)26-13-12-24(39-26)18-25-30(38)36-28(21-8-10-22(32)11-9-21)27(20(2)33-31(36)40-25)29(37)34-23-6-4-3-5-7-23/h3-13,18-19,28H,14-17H2,1-2H3,(H,34,37)/b25-18+/t28-/m1/s1. The molecule has 0 spiro atoms. The Kier molecular flexibility index (Phi) is 6.98. The van der Waals surface area contributed by atoms with Crippen LogP contribution in [0.5, 0.6) is 0 Å². The van der Waals surface area contributed by atoms with E-state index < -0.39 is 11.9 Å². The van der Waals surface area contributed by atoms with Crippen molar-refractivity contribution in [1.29, 1.82) is 0 Å². The lowest BCUT2D eigenvalue weighted by Gasteiger charge is -2.29. The van der Waals surface area contributed by atoms with E-state index in [0.717, 1.165) is 31.8 Å². The summed E-state index contributed by atoms with van der Waals surface area (Å²) in [5.41, 5.74) is 1.77. The van der Waals surface area contributed by atoms with Gasteiger partial charge in [-0.1, -0.05) is 48.6 Å². The second kappa shape index (κ2) is 10.7. The number of benzene rings is 2. The number of thiazole rings is 1. The maximum atomic E-state index is 13.9. The number of fused-ring (bicyclic) bond motifs is 1. The first kappa shape index (κ1) is 26.0. The van der Waals surface area contributed by atoms with Crippen molar-refractivity contribution in [3.05, 3.63) is 115 Å². The van der Waals surface area contributed by atoms with Crippen molar-refractivity contribution in [1.82, 2.24) is 4.57 Å². The van der Waals surface area contributed by atoms with E-state index in [9.17, 15) is 14.0 Å². The molecule has 0 aliphatic carbocycles. The number of rotatable bonds is 5. The van der Waals surface area contributed by atoms with E-state index in [1.54, 1.807) is 37.3 Å². The van der Waals surface area contributed by atoms with Gasteiger partial charge in [0.25, 0.3) is 11.5 Å². The van der Waals surface area contributed by atoms with Crippen molar-refractivity contribution >= 4 is 34.9 Å². The van der Waals surface area contributed by atoms with Gasteiger partial charge in [-0.3, -0.25) is 14.2 Å². The molecule has 2 aromatic heterocycles. The normalized spacial score (nSPS) is 18.0. The van der Waals surface area contributed by atoms with Crippen LogP contribution in [0.3, 0.4) is 0 Å². The summed E-state index contributed by atoms with van der Waals surface area (Å²) in [6.07, 6.45) is 3.97. The average Bonchev–Trinajstić information content (AvgIpc) is 3.53. The van der Waals surface area contributed by atoms with Gasteiger partial charge in [0.05, 0.1) is 21.8 Å². The van der Waals surface area contributed by atoms with Gasteiger partial charge in [0.2, 0.25) is 0 Å². The van der Waals surface area contributed by atoms with Gasteiger partial charge in [-0.25, -0.2) is 9.38 Å². The molecule has 0 radical (unpaired) electrons. The number of allylic oxidation sites excluding steroid dienone is 1. The van der Waals surface area contributed by atoms with Crippen LogP contribution in [-0.4, -0.2) is 23.6 Å². The molecular weight excluding hydrogens is 527 g/mol. The Bertz CT molecular complexity index is 1760. The van der Waals surface area contributed by atoms with Gasteiger partial charge in [-0.05, 0) is 61.6 Å². The minimum Gasteiger partial charge on any atom is -0.441 e. The largest absolute Gasteiger partial charge is 0.441 e. The lowest BCUT2D eigenvalue weighted by molar-refractivity contribution is -0.113. The van der Waals surface area contributed by atoms with E-state index in [-0.39, 0.29) is 11.5 Å². The molecule has 204 valence electrons. The third-order valence-electron chi connectivity index (χ3n) is 7.46. The fourth-order valence-corrected chi connectivity index (χ4v) is 6.27. The zero-order valence-corrected chi connectivity index (χ0v) is 23.1. The summed E-state index contributed by atoms with van der Waals surface area (Å²) in [4.78, 5) is 34.8. The van der Waals surface area contributed by atoms with Gasteiger partial charge in [0.15, 0.2) is 10.7 Å². The van der Waals surface area contributed by atoms with Crippen LogP contribution in [0, 0.1) is 11.7 Å². The predicted octanol–water partition coefficient (Wildman–Crippen LogP) is 4.84. The summed E-state index contributed by atoms with van der Waals surface area (Å²) in [5, 5.41) is 2.92. The molecule has 4 aromatic rings. The van der Waals surface area contributed by atoms with Gasteiger partial charge in [-0.15, -0.1) is 0 Å². The predicted molar refractivity (Wildman–Crippen MR) is 155 cm³/mol. The van der Waals surface area contributed by atoms with Crippen LogP contribution >= 0.6 is 11.3 Å². The number of nitrogens with zero attached hydrogens (tertiary/aromatic N) is 3. The Morgan fingerprint density at radius 3 is 2.52 bits per heavy atom. The van der Waals surface area contributed by atoms with Gasteiger partial charge in [-0.2, -0.15) is 0 Å². The highest BCUT2D eigenvalue weighted by Gasteiger charge is 2.32. The number of aromatic nitrogens is 1. The van der Waals surface area contributed by atoms with Gasteiger partial charge in [0.1, 0.15) is 11.6 Å². The number of nitrogens with one attached hydrogen (secondary N) is 1. The van der Waals surface area contributed by atoms with E-state index in [2.05, 4.69) is 22.1 Å². The molecule has 9 heteroatoms. The van der Waals surface area contributed by atoms with E-state index in [1.165, 1.54) is 28.0 Å². The number of furan rings is 1. The maximum absolute atomic E-state index is 13.9. The smallest absolute Gasteiger partial charge is 0.271 e. The topological polar surface area (TPSA) is 79.8 Å². The number of halogens is 1. The molecular formula is C31H29FN4O3S. The fourth-order valence-electron chi connectivity index (χ4n) is 5.24. The van der Waals surface area contributed by atoms with Crippen LogP contribution in [0.2, 0.25) is 0 Å². The number of hydrogen-bond acceptors (Lipinski definition) is 6. The molecule has 2 aliphatic heterocycles. The average molecular weight is 557 g/mol. The molecule has 0 bridgehead atoms. The van der Waals surface area contributed by atoms with Crippen LogP contribution in [0.25, 0.3) is 6.08 Å². The number of carbonyl (C=O) groups is 1. The summed E-state index contributed by atoms with van der Waals surface area (Å²) in [5.74, 6) is 1.32. The zero-order valence-electron chi connectivity index (χ0n) is 22.3. The van der Waals surface area contributed by atoms with Crippen molar-refractivity contribution in [2.45, 2.75) is 32.7 Å². The minimum absolute atomic E-state index is 0.291. The van der Waals surface area contributed by atoms with Crippen molar-refractivity contribution < 1.29 is 13.6 Å². The second-order valence-corrected chi connectivity index (χ2v) is 11.3. The highest BCUT2D eigenvalue weighted by atomic mass is 32.1. The Balaban J connectivity index is 1.41. The third kappa shape index (κ3) is 5.04. The summed E-state index contributed by atoms with van der Waals surface area (Å²) < 4.78 is 21.9. The summed E-state index contributed by atoms with van der Waals surface area (Å²) >= 11 is 1.24. The summed E-state index contributed by atoms with van der Waals surface area (Å²) in [7, 11) is 0. The molecule has 0 unspecified atom stereocenters. The van der Waals surface area contributed by atoms with Crippen LogP contribution < -0.4 is 25.1 Å². The molecule has 0 saturated carbocycles. The van der Waals surface area contributed by atoms with Crippen LogP contribution in [-0.2, 0) is 4.79 Å². The first-order valence-electron chi connectivity index (χ1n) is 13.4. The quantitative estimate of drug-likeness (QED) is 0.382. The summed E-state index contributed by atoms with van der Waals surface area (Å²) in [6.45, 7) is 5.91. The molecule has 4 heterocycles. The molecule has 1 fully saturated rings. The zero-order chi connectivity index (χ0) is 27.8. The summed E-state index contributed by atoms with van der Waals surface area (Å²) in [6, 6.07) is 18.0. The number of piperidine rings is 1. The monoisotopic (exact) mass is 556 g/mol. The van der Waals surface area contributed by atoms with E-state index in [0.29, 0.717) is 43.5 Å². The molecule has 2 aliphatic rings. The first-order valence-corrected chi connectivity index (χ1v) is 14.2. The molecule has 40 heavy (non-hydrogen) atoms. The van der Waals surface area contributed by atoms with E-state index >= 15 is 0 Å². The van der Waals surface area contributed by atoms with E-state index in [4.69, 9.17) is 4.42 Å². The molecule has 1 saturated heterocycles. The lowest BCUT2D eigenvalue weighted by Crippen LogP contribution is -2.40. The van der Waals surface area contributed by atoms with Crippen LogP contribution in [0.15, 0.2) is 92.2 Å². The highest BCUT2D eigenvalue weighted by Crippen LogP contribution is 2.31. The lowest BCUT2D eigenvalue weighted by atomic mass is 9.95.